The van der Waals surface area contributed by atoms with Crippen LogP contribution in [0.15, 0.2) is 42.5 Å². The summed E-state index contributed by atoms with van der Waals surface area (Å²) in [6.07, 6.45) is 0.980. The van der Waals surface area contributed by atoms with E-state index in [0.717, 1.165) is 36.4 Å². The van der Waals surface area contributed by atoms with Crippen molar-refractivity contribution >= 4 is 29.1 Å². The van der Waals surface area contributed by atoms with Crippen LogP contribution in [-0.2, 0) is 9.59 Å². The molecule has 0 aromatic heterocycles. The number of hydrazine groups is 1. The largest absolute Gasteiger partial charge is 0.497 e. The molecule has 0 bridgehead atoms. The molecule has 3 saturated heterocycles. The third kappa shape index (κ3) is 2.70. The Kier molecular flexibility index (Phi) is 4.38. The maximum absolute atomic E-state index is 13.5. The van der Waals surface area contributed by atoms with Gasteiger partial charge >= 0.3 is 0 Å². The highest BCUT2D eigenvalue weighted by Gasteiger charge is 2.62. The second-order valence-corrected chi connectivity index (χ2v) is 8.22. The number of benzene rings is 2. The predicted molar refractivity (Wildman–Crippen MR) is 110 cm³/mol. The van der Waals surface area contributed by atoms with Gasteiger partial charge in [-0.15, -0.1) is 0 Å². The number of carbonyl (C=O) groups excluding carboxylic acids is 2. The lowest BCUT2D eigenvalue weighted by atomic mass is 9.90. The summed E-state index contributed by atoms with van der Waals surface area (Å²) in [4.78, 5) is 28.2. The van der Waals surface area contributed by atoms with Gasteiger partial charge < -0.3 is 4.74 Å². The van der Waals surface area contributed by atoms with E-state index >= 15 is 0 Å². The van der Waals surface area contributed by atoms with Crippen LogP contribution in [0.2, 0.25) is 5.02 Å². The Hall–Kier alpha value is -2.41. The van der Waals surface area contributed by atoms with Gasteiger partial charge in [0, 0.05) is 18.1 Å². The number of nitrogens with zero attached hydrogens (tertiary/aromatic N) is 3. The van der Waals surface area contributed by atoms with E-state index in [4.69, 9.17) is 16.3 Å². The molecular weight excluding hydrogens is 390 g/mol. The Morgan fingerprint density at radius 3 is 2.31 bits per heavy atom. The van der Waals surface area contributed by atoms with E-state index in [1.165, 1.54) is 4.90 Å². The average molecular weight is 412 g/mol. The van der Waals surface area contributed by atoms with Gasteiger partial charge in [-0.3, -0.25) is 9.59 Å². The zero-order valence-electron chi connectivity index (χ0n) is 16.3. The first kappa shape index (κ1) is 18.6. The monoisotopic (exact) mass is 411 g/mol. The number of amides is 2. The van der Waals surface area contributed by atoms with Crippen LogP contribution >= 0.6 is 11.6 Å². The van der Waals surface area contributed by atoms with Crippen molar-refractivity contribution in [3.8, 4) is 5.75 Å². The number of imide groups is 1. The Bertz CT molecular complexity index is 993. The summed E-state index contributed by atoms with van der Waals surface area (Å²) in [6.45, 7) is 3.53. The van der Waals surface area contributed by atoms with Crippen molar-refractivity contribution in [2.24, 2.45) is 5.92 Å². The Balaban J connectivity index is 1.56. The van der Waals surface area contributed by atoms with Crippen molar-refractivity contribution in [2.75, 3.05) is 25.1 Å². The predicted octanol–water partition coefficient (Wildman–Crippen LogP) is 3.19. The summed E-state index contributed by atoms with van der Waals surface area (Å²) in [5.41, 5.74) is 2.48. The third-order valence-electron chi connectivity index (χ3n) is 6.28. The average Bonchev–Trinajstić information content (AvgIpc) is 3.37. The summed E-state index contributed by atoms with van der Waals surface area (Å²) < 4.78 is 5.27. The summed E-state index contributed by atoms with van der Waals surface area (Å²) in [7, 11) is 1.63. The van der Waals surface area contributed by atoms with Crippen LogP contribution in [0.3, 0.4) is 0 Å². The third-order valence-corrected chi connectivity index (χ3v) is 6.68. The van der Waals surface area contributed by atoms with E-state index in [1.807, 2.05) is 37.3 Å². The maximum atomic E-state index is 13.5. The zero-order chi connectivity index (χ0) is 20.3. The number of ether oxygens (including phenoxy) is 1. The fourth-order valence-electron chi connectivity index (χ4n) is 4.89. The van der Waals surface area contributed by atoms with Crippen LogP contribution in [0.5, 0.6) is 5.75 Å². The number of hydrogen-bond acceptors (Lipinski definition) is 5. The number of aryl methyl sites for hydroxylation is 1. The molecule has 150 valence electrons. The highest BCUT2D eigenvalue weighted by molar-refractivity contribution is 6.32. The Labute approximate surface area is 174 Å². The zero-order valence-corrected chi connectivity index (χ0v) is 17.1. The number of hydrogen-bond donors (Lipinski definition) is 0. The van der Waals surface area contributed by atoms with Gasteiger partial charge in [0.05, 0.1) is 24.8 Å². The van der Waals surface area contributed by atoms with Gasteiger partial charge in [0.15, 0.2) is 0 Å². The van der Waals surface area contributed by atoms with Crippen molar-refractivity contribution in [2.45, 2.75) is 25.4 Å². The molecule has 3 heterocycles. The van der Waals surface area contributed by atoms with Gasteiger partial charge in [-0.2, -0.15) is 0 Å². The highest BCUT2D eigenvalue weighted by Crippen LogP contribution is 2.49. The van der Waals surface area contributed by atoms with E-state index in [-0.39, 0.29) is 17.9 Å². The highest BCUT2D eigenvalue weighted by atomic mass is 35.5. The SMILES string of the molecule is COc1ccc([C@H]2[C@@H]3C(=O)N(c4ccc(C)c(Cl)c4)C(=O)[C@H]3N3CCCN23)cc1. The molecule has 6 nitrogen and oxygen atoms in total. The maximum Gasteiger partial charge on any atom is 0.253 e. The molecule has 0 unspecified atom stereocenters. The minimum atomic E-state index is -0.461. The molecule has 0 saturated carbocycles. The van der Waals surface area contributed by atoms with Crippen LogP contribution in [-0.4, -0.2) is 48.1 Å². The number of rotatable bonds is 3. The van der Waals surface area contributed by atoms with Crippen LogP contribution in [0.1, 0.15) is 23.6 Å². The van der Waals surface area contributed by atoms with E-state index in [0.29, 0.717) is 10.7 Å². The molecule has 3 aliphatic rings. The van der Waals surface area contributed by atoms with E-state index in [1.54, 1.807) is 19.2 Å². The Morgan fingerprint density at radius 2 is 1.66 bits per heavy atom. The van der Waals surface area contributed by atoms with Crippen LogP contribution in [0.4, 0.5) is 5.69 Å². The minimum Gasteiger partial charge on any atom is -0.497 e. The summed E-state index contributed by atoms with van der Waals surface area (Å²) >= 11 is 6.27. The molecule has 3 fully saturated rings. The van der Waals surface area contributed by atoms with E-state index in [9.17, 15) is 9.59 Å². The number of methoxy groups -OCH3 is 1. The molecule has 0 spiro atoms. The second kappa shape index (κ2) is 6.83. The number of carbonyl (C=O) groups is 2. The smallest absolute Gasteiger partial charge is 0.253 e. The molecule has 3 atom stereocenters. The van der Waals surface area contributed by atoms with Gasteiger partial charge in [0.1, 0.15) is 11.8 Å². The molecule has 29 heavy (non-hydrogen) atoms. The van der Waals surface area contributed by atoms with Gasteiger partial charge in [-0.25, -0.2) is 14.9 Å². The Morgan fingerprint density at radius 1 is 0.966 bits per heavy atom. The first-order valence-corrected chi connectivity index (χ1v) is 10.2. The van der Waals surface area contributed by atoms with Crippen LogP contribution < -0.4 is 9.64 Å². The van der Waals surface area contributed by atoms with Gasteiger partial charge in [-0.1, -0.05) is 29.8 Å². The number of anilines is 1. The van der Waals surface area contributed by atoms with Crippen molar-refractivity contribution in [3.05, 3.63) is 58.6 Å². The molecule has 3 aliphatic heterocycles. The van der Waals surface area contributed by atoms with Crippen molar-refractivity contribution in [1.82, 2.24) is 10.0 Å². The van der Waals surface area contributed by atoms with Crippen LogP contribution in [0, 0.1) is 12.8 Å². The molecule has 2 amide bonds. The second-order valence-electron chi connectivity index (χ2n) is 7.81. The molecule has 2 aromatic carbocycles. The fraction of sp³-hybridized carbons (Fsp3) is 0.364. The summed E-state index contributed by atoms with van der Waals surface area (Å²) in [5.74, 6) is 0.0144. The topological polar surface area (TPSA) is 53.1 Å². The molecule has 0 aliphatic carbocycles. The minimum absolute atomic E-state index is 0.157. The standard InChI is InChI=1S/C22H22ClN3O3/c1-13-4-7-15(12-17(13)23)26-21(27)18-19(14-5-8-16(29-2)9-6-14)24-10-3-11-25(24)20(18)22(26)28/h4-9,12,18-20H,3,10-11H2,1-2H3/t18-,19-,20-/m0/s1. The number of fused-ring (bicyclic) bond motifs is 3. The molecule has 0 radical (unpaired) electrons. The summed E-state index contributed by atoms with van der Waals surface area (Å²) in [5, 5.41) is 4.84. The van der Waals surface area contributed by atoms with Gasteiger partial charge in [0.2, 0.25) is 5.91 Å². The summed E-state index contributed by atoms with van der Waals surface area (Å²) in [6, 6.07) is 12.5. The molecule has 5 rings (SSSR count). The first-order chi connectivity index (χ1) is 14.0. The quantitative estimate of drug-likeness (QED) is 0.726. The normalized spacial score (nSPS) is 26.9. The molecule has 7 heteroatoms. The van der Waals surface area contributed by atoms with Crippen molar-refractivity contribution in [1.29, 1.82) is 0 Å². The lowest BCUT2D eigenvalue weighted by molar-refractivity contribution is -0.126. The van der Waals surface area contributed by atoms with E-state index < -0.39 is 12.0 Å². The molecule has 0 N–H and O–H groups in total. The fourth-order valence-corrected chi connectivity index (χ4v) is 5.06. The van der Waals surface area contributed by atoms with Crippen molar-refractivity contribution in [3.63, 3.8) is 0 Å². The van der Waals surface area contributed by atoms with E-state index in [2.05, 4.69) is 10.0 Å². The molecular formula is C22H22ClN3O3. The van der Waals surface area contributed by atoms with Gasteiger partial charge in [0.25, 0.3) is 5.91 Å². The lowest BCUT2D eigenvalue weighted by Crippen LogP contribution is -2.44. The lowest BCUT2D eigenvalue weighted by Gasteiger charge is -2.30. The first-order valence-electron chi connectivity index (χ1n) is 9.82. The van der Waals surface area contributed by atoms with Crippen molar-refractivity contribution < 1.29 is 14.3 Å². The number of halogens is 1. The van der Waals surface area contributed by atoms with Gasteiger partial charge in [-0.05, 0) is 48.7 Å². The molecule has 2 aromatic rings. The van der Waals surface area contributed by atoms with Crippen LogP contribution in [0.25, 0.3) is 0 Å².